The van der Waals surface area contributed by atoms with Crippen molar-refractivity contribution in [2.75, 3.05) is 16.4 Å². The summed E-state index contributed by atoms with van der Waals surface area (Å²) in [6.45, 7) is 5.74. The zero-order valence-corrected chi connectivity index (χ0v) is 12.0. The third kappa shape index (κ3) is 3.89. The highest BCUT2D eigenvalue weighted by Gasteiger charge is 2.17. The van der Waals surface area contributed by atoms with Gasteiger partial charge in [0.25, 0.3) is 0 Å². The van der Waals surface area contributed by atoms with Gasteiger partial charge in [-0.2, -0.15) is 0 Å². The number of rotatable bonds is 1. The predicted molar refractivity (Wildman–Crippen MR) is 77.7 cm³/mol. The zero-order valence-electron chi connectivity index (χ0n) is 11.2. The van der Waals surface area contributed by atoms with Crippen LogP contribution >= 0.6 is 11.8 Å². The summed E-state index contributed by atoms with van der Waals surface area (Å²) in [5.41, 5.74) is 1.11. The summed E-state index contributed by atoms with van der Waals surface area (Å²) >= 11 is 1.49. The standard InChI is InChI=1S/C13H17N3O2S/c1-13(2,3)16-12(18)14-8-4-5-10-9(6-8)15-11(17)7-19-10/h4-6H,7H2,1-3H3,(H,15,17)(H2,14,16,18). The summed E-state index contributed by atoms with van der Waals surface area (Å²) in [6, 6.07) is 5.22. The van der Waals surface area contributed by atoms with Crippen LogP contribution in [0, 0.1) is 0 Å². The van der Waals surface area contributed by atoms with Crippen LogP contribution in [-0.2, 0) is 4.79 Å². The Morgan fingerprint density at radius 1 is 1.37 bits per heavy atom. The van der Waals surface area contributed by atoms with Crippen LogP contribution in [0.5, 0.6) is 0 Å². The molecule has 1 aromatic rings. The normalized spacial score (nSPS) is 14.4. The first-order chi connectivity index (χ1) is 8.83. The molecule has 0 radical (unpaired) electrons. The van der Waals surface area contributed by atoms with Crippen LogP contribution in [0.4, 0.5) is 16.2 Å². The van der Waals surface area contributed by atoms with Crippen molar-refractivity contribution in [3.63, 3.8) is 0 Å². The second kappa shape index (κ2) is 5.13. The molecular weight excluding hydrogens is 262 g/mol. The van der Waals surface area contributed by atoms with Crippen molar-refractivity contribution in [2.45, 2.75) is 31.2 Å². The van der Waals surface area contributed by atoms with E-state index >= 15 is 0 Å². The number of hydrogen-bond donors (Lipinski definition) is 3. The van der Waals surface area contributed by atoms with Crippen molar-refractivity contribution < 1.29 is 9.59 Å². The lowest BCUT2D eigenvalue weighted by molar-refractivity contribution is -0.113. The Morgan fingerprint density at radius 2 is 2.11 bits per heavy atom. The molecule has 1 aromatic carbocycles. The molecule has 0 unspecified atom stereocenters. The predicted octanol–water partition coefficient (Wildman–Crippen LogP) is 2.65. The number of carbonyl (C=O) groups excluding carboxylic acids is 2. The molecule has 0 aromatic heterocycles. The lowest BCUT2D eigenvalue weighted by Gasteiger charge is -2.21. The summed E-state index contributed by atoms with van der Waals surface area (Å²) in [7, 11) is 0. The summed E-state index contributed by atoms with van der Waals surface area (Å²) in [4.78, 5) is 24.1. The maximum absolute atomic E-state index is 11.7. The number of amides is 3. The maximum Gasteiger partial charge on any atom is 0.319 e. The number of fused-ring (bicyclic) bond motifs is 1. The summed E-state index contributed by atoms with van der Waals surface area (Å²) in [5.74, 6) is 0.415. The van der Waals surface area contributed by atoms with Gasteiger partial charge in [-0.3, -0.25) is 4.79 Å². The quantitative estimate of drug-likeness (QED) is 0.740. The first-order valence-electron chi connectivity index (χ1n) is 5.99. The summed E-state index contributed by atoms with van der Waals surface area (Å²) in [6.07, 6.45) is 0. The minimum absolute atomic E-state index is 0.0196. The van der Waals surface area contributed by atoms with Gasteiger partial charge in [0.1, 0.15) is 0 Å². The minimum atomic E-state index is -0.289. The van der Waals surface area contributed by atoms with Crippen LogP contribution in [-0.4, -0.2) is 23.2 Å². The van der Waals surface area contributed by atoms with E-state index in [1.807, 2.05) is 32.9 Å². The average molecular weight is 279 g/mol. The van der Waals surface area contributed by atoms with Gasteiger partial charge in [0.05, 0.1) is 11.4 Å². The van der Waals surface area contributed by atoms with Gasteiger partial charge in [-0.05, 0) is 39.0 Å². The van der Waals surface area contributed by atoms with E-state index in [1.54, 1.807) is 6.07 Å². The number of hydrogen-bond acceptors (Lipinski definition) is 3. The Bertz CT molecular complexity index is 523. The molecule has 0 saturated carbocycles. The van der Waals surface area contributed by atoms with E-state index in [-0.39, 0.29) is 17.5 Å². The van der Waals surface area contributed by atoms with Crippen LogP contribution < -0.4 is 16.0 Å². The molecule has 3 N–H and O–H groups in total. The molecule has 5 nitrogen and oxygen atoms in total. The highest BCUT2D eigenvalue weighted by atomic mass is 32.2. The van der Waals surface area contributed by atoms with Crippen molar-refractivity contribution in [3.05, 3.63) is 18.2 Å². The highest BCUT2D eigenvalue weighted by Crippen LogP contribution is 2.33. The Hall–Kier alpha value is -1.69. The molecule has 1 heterocycles. The van der Waals surface area contributed by atoms with Crippen LogP contribution in [0.2, 0.25) is 0 Å². The number of nitrogens with one attached hydrogen (secondary N) is 3. The van der Waals surface area contributed by atoms with Gasteiger partial charge >= 0.3 is 6.03 Å². The molecular formula is C13H17N3O2S. The number of carbonyl (C=O) groups is 2. The zero-order chi connectivity index (χ0) is 14.0. The van der Waals surface area contributed by atoms with Crippen molar-refractivity contribution in [2.24, 2.45) is 0 Å². The van der Waals surface area contributed by atoms with Gasteiger partial charge in [-0.1, -0.05) is 0 Å². The number of anilines is 2. The van der Waals surface area contributed by atoms with Crippen molar-refractivity contribution in [3.8, 4) is 0 Å². The fraction of sp³-hybridized carbons (Fsp3) is 0.385. The molecule has 0 spiro atoms. The molecule has 2 rings (SSSR count). The highest BCUT2D eigenvalue weighted by molar-refractivity contribution is 8.00. The largest absolute Gasteiger partial charge is 0.333 e. The number of benzene rings is 1. The van der Waals surface area contributed by atoms with E-state index in [0.29, 0.717) is 11.4 Å². The average Bonchev–Trinajstić information content (AvgIpc) is 2.25. The van der Waals surface area contributed by atoms with E-state index in [1.165, 1.54) is 11.8 Å². The molecule has 0 aliphatic carbocycles. The molecule has 1 aliphatic rings. The SMILES string of the molecule is CC(C)(C)NC(=O)Nc1ccc2c(c1)NC(=O)CS2. The van der Waals surface area contributed by atoms with Crippen LogP contribution in [0.15, 0.2) is 23.1 Å². The Morgan fingerprint density at radius 3 is 2.79 bits per heavy atom. The van der Waals surface area contributed by atoms with E-state index in [9.17, 15) is 9.59 Å². The van der Waals surface area contributed by atoms with Gasteiger partial charge in [-0.25, -0.2) is 4.79 Å². The number of urea groups is 1. The van der Waals surface area contributed by atoms with Gasteiger partial charge in [0.15, 0.2) is 0 Å². The fourth-order valence-electron chi connectivity index (χ4n) is 1.66. The Balaban J connectivity index is 2.08. The smallest absolute Gasteiger partial charge is 0.319 e. The van der Waals surface area contributed by atoms with Crippen molar-refractivity contribution >= 4 is 35.1 Å². The summed E-state index contributed by atoms with van der Waals surface area (Å²) < 4.78 is 0. The Kier molecular flexibility index (Phi) is 3.71. The third-order valence-electron chi connectivity index (χ3n) is 2.36. The van der Waals surface area contributed by atoms with Crippen molar-refractivity contribution in [1.82, 2.24) is 5.32 Å². The van der Waals surface area contributed by atoms with Gasteiger partial charge in [0.2, 0.25) is 5.91 Å². The van der Waals surface area contributed by atoms with E-state index < -0.39 is 0 Å². The van der Waals surface area contributed by atoms with E-state index in [4.69, 9.17) is 0 Å². The van der Waals surface area contributed by atoms with Gasteiger partial charge in [-0.15, -0.1) is 11.8 Å². The molecule has 102 valence electrons. The van der Waals surface area contributed by atoms with E-state index in [2.05, 4.69) is 16.0 Å². The lowest BCUT2D eigenvalue weighted by atomic mass is 10.1. The molecule has 6 heteroatoms. The first kappa shape index (κ1) is 13.7. The number of thioether (sulfide) groups is 1. The van der Waals surface area contributed by atoms with E-state index in [0.717, 1.165) is 10.6 Å². The molecule has 0 saturated heterocycles. The van der Waals surface area contributed by atoms with Crippen LogP contribution in [0.1, 0.15) is 20.8 Å². The molecule has 0 fully saturated rings. The second-order valence-electron chi connectivity index (χ2n) is 5.38. The van der Waals surface area contributed by atoms with Gasteiger partial charge in [0, 0.05) is 16.1 Å². The van der Waals surface area contributed by atoms with Crippen LogP contribution in [0.3, 0.4) is 0 Å². The second-order valence-corrected chi connectivity index (χ2v) is 6.39. The third-order valence-corrected chi connectivity index (χ3v) is 3.43. The van der Waals surface area contributed by atoms with Crippen LogP contribution in [0.25, 0.3) is 0 Å². The Labute approximate surface area is 116 Å². The minimum Gasteiger partial charge on any atom is -0.333 e. The summed E-state index contributed by atoms with van der Waals surface area (Å²) in [5, 5.41) is 8.36. The monoisotopic (exact) mass is 279 g/mol. The molecule has 3 amide bonds. The topological polar surface area (TPSA) is 70.2 Å². The molecule has 1 aliphatic heterocycles. The van der Waals surface area contributed by atoms with Gasteiger partial charge < -0.3 is 16.0 Å². The fourth-order valence-corrected chi connectivity index (χ4v) is 2.45. The molecule has 0 bridgehead atoms. The van der Waals surface area contributed by atoms with Crippen molar-refractivity contribution in [1.29, 1.82) is 0 Å². The lowest BCUT2D eigenvalue weighted by Crippen LogP contribution is -2.43. The first-order valence-corrected chi connectivity index (χ1v) is 6.98. The molecule has 0 atom stereocenters. The maximum atomic E-state index is 11.7. The molecule has 19 heavy (non-hydrogen) atoms.